The van der Waals surface area contributed by atoms with Gasteiger partial charge in [-0.15, -0.1) is 0 Å². The van der Waals surface area contributed by atoms with Crippen molar-refractivity contribution in [3.8, 4) is 5.75 Å². The average molecular weight is 331 g/mol. The van der Waals surface area contributed by atoms with E-state index in [0.717, 1.165) is 28.2 Å². The number of ether oxygens (including phenoxy) is 1. The maximum atomic E-state index is 5.95. The Morgan fingerprint density at radius 2 is 1.44 bits per heavy atom. The number of hydrogen-bond acceptors (Lipinski definition) is 3. The second-order valence-corrected chi connectivity index (χ2v) is 5.72. The van der Waals surface area contributed by atoms with Crippen LogP contribution in [0.15, 0.2) is 90.1 Å². The molecule has 0 amide bonds. The van der Waals surface area contributed by atoms with E-state index in [4.69, 9.17) is 9.57 Å². The zero-order valence-electron chi connectivity index (χ0n) is 14.3. The number of rotatable bonds is 7. The first-order valence-corrected chi connectivity index (χ1v) is 8.29. The van der Waals surface area contributed by atoms with E-state index in [1.165, 1.54) is 0 Å². The molecule has 3 heteroatoms. The van der Waals surface area contributed by atoms with Crippen molar-refractivity contribution < 1.29 is 9.57 Å². The summed E-state index contributed by atoms with van der Waals surface area (Å²) in [5.74, 6) is 0.856. The molecule has 0 heterocycles. The van der Waals surface area contributed by atoms with E-state index < -0.39 is 0 Å². The molecule has 3 aromatic rings. The summed E-state index contributed by atoms with van der Waals surface area (Å²) in [6, 6.07) is 27.9. The Morgan fingerprint density at radius 1 is 0.800 bits per heavy atom. The van der Waals surface area contributed by atoms with Gasteiger partial charge in [0.1, 0.15) is 24.7 Å². The van der Waals surface area contributed by atoms with Crippen molar-refractivity contribution in [2.45, 2.75) is 13.5 Å². The fourth-order valence-electron chi connectivity index (χ4n) is 2.42. The van der Waals surface area contributed by atoms with Crippen molar-refractivity contribution in [2.75, 3.05) is 6.61 Å². The monoisotopic (exact) mass is 331 g/mol. The van der Waals surface area contributed by atoms with Crippen molar-refractivity contribution in [1.29, 1.82) is 0 Å². The molecule has 0 aliphatic heterocycles. The first-order valence-electron chi connectivity index (χ1n) is 8.29. The predicted molar refractivity (Wildman–Crippen MR) is 101 cm³/mol. The Balaban J connectivity index is 1.71. The summed E-state index contributed by atoms with van der Waals surface area (Å²) in [6.07, 6.45) is 0. The van der Waals surface area contributed by atoms with Gasteiger partial charge in [-0.05, 0) is 24.1 Å². The molecule has 0 unspecified atom stereocenters. The van der Waals surface area contributed by atoms with Gasteiger partial charge in [0.15, 0.2) is 0 Å². The van der Waals surface area contributed by atoms with Gasteiger partial charge in [-0.3, -0.25) is 0 Å². The van der Waals surface area contributed by atoms with Crippen LogP contribution in [-0.2, 0) is 11.4 Å². The molecule has 126 valence electrons. The lowest BCUT2D eigenvalue weighted by atomic mass is 10.1. The zero-order valence-corrected chi connectivity index (χ0v) is 14.3. The zero-order chi connectivity index (χ0) is 17.3. The van der Waals surface area contributed by atoms with E-state index in [0.29, 0.717) is 13.2 Å². The van der Waals surface area contributed by atoms with E-state index in [9.17, 15) is 0 Å². The van der Waals surface area contributed by atoms with Crippen molar-refractivity contribution in [1.82, 2.24) is 0 Å². The maximum Gasteiger partial charge on any atom is 0.142 e. The highest BCUT2D eigenvalue weighted by Crippen LogP contribution is 2.17. The van der Waals surface area contributed by atoms with Crippen LogP contribution in [0.5, 0.6) is 5.75 Å². The van der Waals surface area contributed by atoms with E-state index in [1.807, 2.05) is 91.9 Å². The summed E-state index contributed by atoms with van der Waals surface area (Å²) in [5, 5.41) is 4.33. The molecule has 0 aliphatic carbocycles. The van der Waals surface area contributed by atoms with Crippen LogP contribution < -0.4 is 4.74 Å². The standard InChI is InChI=1S/C22H21NO2/c1-18-10-8-9-15-22(18)24-17-21(20-13-6-3-7-14-20)23-25-16-19-11-4-2-5-12-19/h2-15H,16-17H2,1H3/b23-21+. The third kappa shape index (κ3) is 4.95. The van der Waals surface area contributed by atoms with Gasteiger partial charge in [0.2, 0.25) is 0 Å². The number of oxime groups is 1. The summed E-state index contributed by atoms with van der Waals surface area (Å²) in [7, 11) is 0. The molecule has 0 radical (unpaired) electrons. The summed E-state index contributed by atoms with van der Waals surface area (Å²) < 4.78 is 5.95. The minimum Gasteiger partial charge on any atom is -0.487 e. The molecule has 0 N–H and O–H groups in total. The van der Waals surface area contributed by atoms with Crippen LogP contribution in [0.25, 0.3) is 0 Å². The second-order valence-electron chi connectivity index (χ2n) is 5.72. The molecule has 25 heavy (non-hydrogen) atoms. The smallest absolute Gasteiger partial charge is 0.142 e. The number of benzene rings is 3. The summed E-state index contributed by atoms with van der Waals surface area (Å²) >= 11 is 0. The molecule has 3 rings (SSSR count). The van der Waals surface area contributed by atoms with Crippen LogP contribution in [-0.4, -0.2) is 12.3 Å². The molecule has 3 nitrogen and oxygen atoms in total. The lowest BCUT2D eigenvalue weighted by Gasteiger charge is -2.11. The largest absolute Gasteiger partial charge is 0.487 e. The van der Waals surface area contributed by atoms with Crippen LogP contribution >= 0.6 is 0 Å². The Labute approximate surface area is 148 Å². The lowest BCUT2D eigenvalue weighted by molar-refractivity contribution is 0.129. The van der Waals surface area contributed by atoms with Crippen molar-refractivity contribution in [3.63, 3.8) is 0 Å². The third-order valence-corrected chi connectivity index (χ3v) is 3.81. The normalized spacial score (nSPS) is 11.2. The van der Waals surface area contributed by atoms with Crippen LogP contribution in [0, 0.1) is 6.92 Å². The van der Waals surface area contributed by atoms with Gasteiger partial charge < -0.3 is 9.57 Å². The molecule has 0 atom stereocenters. The Kier molecular flexibility index (Phi) is 5.83. The van der Waals surface area contributed by atoms with Gasteiger partial charge in [0.25, 0.3) is 0 Å². The van der Waals surface area contributed by atoms with E-state index in [2.05, 4.69) is 5.16 Å². The fraction of sp³-hybridized carbons (Fsp3) is 0.136. The van der Waals surface area contributed by atoms with Crippen molar-refractivity contribution >= 4 is 5.71 Å². The van der Waals surface area contributed by atoms with Gasteiger partial charge in [0, 0.05) is 5.56 Å². The first-order chi connectivity index (χ1) is 12.3. The number of hydrogen-bond donors (Lipinski definition) is 0. The van der Waals surface area contributed by atoms with Gasteiger partial charge >= 0.3 is 0 Å². The Hall–Kier alpha value is -3.07. The number of para-hydroxylation sites is 1. The summed E-state index contributed by atoms with van der Waals surface area (Å²) in [5.41, 5.74) is 3.93. The highest BCUT2D eigenvalue weighted by molar-refractivity contribution is 6.01. The lowest BCUT2D eigenvalue weighted by Crippen LogP contribution is -2.14. The third-order valence-electron chi connectivity index (χ3n) is 3.81. The molecule has 0 saturated heterocycles. The second kappa shape index (κ2) is 8.69. The SMILES string of the molecule is Cc1ccccc1OC/C(=N\OCc1ccccc1)c1ccccc1. The van der Waals surface area contributed by atoms with Gasteiger partial charge in [-0.1, -0.05) is 84.0 Å². The number of nitrogens with zero attached hydrogens (tertiary/aromatic N) is 1. The molecule has 0 spiro atoms. The minimum atomic E-state index is 0.351. The molecule has 0 bridgehead atoms. The van der Waals surface area contributed by atoms with Gasteiger partial charge in [-0.2, -0.15) is 0 Å². The molecular formula is C22H21NO2. The molecule has 0 aromatic heterocycles. The van der Waals surface area contributed by atoms with Crippen molar-refractivity contribution in [2.24, 2.45) is 5.16 Å². The van der Waals surface area contributed by atoms with Crippen LogP contribution in [0.3, 0.4) is 0 Å². The molecule has 0 saturated carbocycles. The molecule has 3 aromatic carbocycles. The quantitative estimate of drug-likeness (QED) is 0.451. The van der Waals surface area contributed by atoms with Crippen molar-refractivity contribution in [3.05, 3.63) is 102 Å². The molecular weight excluding hydrogens is 310 g/mol. The van der Waals surface area contributed by atoms with E-state index in [1.54, 1.807) is 0 Å². The van der Waals surface area contributed by atoms with Crippen LogP contribution in [0.2, 0.25) is 0 Å². The average Bonchev–Trinajstić information content (AvgIpc) is 2.67. The van der Waals surface area contributed by atoms with E-state index >= 15 is 0 Å². The predicted octanol–water partition coefficient (Wildman–Crippen LogP) is 4.99. The maximum absolute atomic E-state index is 5.95. The minimum absolute atomic E-state index is 0.351. The van der Waals surface area contributed by atoms with Crippen LogP contribution in [0.1, 0.15) is 16.7 Å². The first kappa shape index (κ1) is 16.8. The molecule has 0 aliphatic rings. The van der Waals surface area contributed by atoms with Gasteiger partial charge in [-0.25, -0.2) is 0 Å². The highest BCUT2D eigenvalue weighted by Gasteiger charge is 2.07. The van der Waals surface area contributed by atoms with Gasteiger partial charge in [0.05, 0.1) is 0 Å². The summed E-state index contributed by atoms with van der Waals surface area (Å²) in [6.45, 7) is 2.81. The Morgan fingerprint density at radius 3 is 2.16 bits per heavy atom. The topological polar surface area (TPSA) is 30.8 Å². The number of aryl methyl sites for hydroxylation is 1. The summed E-state index contributed by atoms with van der Waals surface area (Å²) in [4.78, 5) is 5.56. The molecule has 0 fully saturated rings. The fourth-order valence-corrected chi connectivity index (χ4v) is 2.42. The van der Waals surface area contributed by atoms with E-state index in [-0.39, 0.29) is 0 Å². The van der Waals surface area contributed by atoms with Crippen LogP contribution in [0.4, 0.5) is 0 Å². The Bertz CT molecular complexity index is 814. The highest BCUT2D eigenvalue weighted by atomic mass is 16.6.